The summed E-state index contributed by atoms with van der Waals surface area (Å²) in [7, 11) is 1.78. The van der Waals surface area contributed by atoms with Crippen molar-refractivity contribution in [2.45, 2.75) is 13.8 Å². The maximum atomic E-state index is 13.4. The summed E-state index contributed by atoms with van der Waals surface area (Å²) in [4.78, 5) is 33.6. The number of thioether (sulfide) groups is 1. The van der Waals surface area contributed by atoms with E-state index in [0.717, 1.165) is 22.2 Å². The van der Waals surface area contributed by atoms with Gasteiger partial charge in [-0.05, 0) is 49.1 Å². The molecule has 4 rings (SSSR count). The van der Waals surface area contributed by atoms with Gasteiger partial charge < -0.3 is 0 Å². The van der Waals surface area contributed by atoms with Crippen molar-refractivity contribution in [1.82, 2.24) is 9.36 Å². The zero-order valence-corrected chi connectivity index (χ0v) is 18.8. The van der Waals surface area contributed by atoms with Crippen molar-refractivity contribution in [3.05, 3.63) is 74.0 Å². The van der Waals surface area contributed by atoms with Crippen molar-refractivity contribution >= 4 is 45.9 Å². The minimum Gasteiger partial charge on any atom is -0.283 e. The first-order valence-electron chi connectivity index (χ1n) is 9.46. The van der Waals surface area contributed by atoms with Crippen molar-refractivity contribution in [3.63, 3.8) is 0 Å². The topological polar surface area (TPSA) is 83.4 Å². The molecule has 3 heterocycles. The summed E-state index contributed by atoms with van der Waals surface area (Å²) >= 11 is 2.66. The molecule has 0 spiro atoms. The zero-order valence-electron chi connectivity index (χ0n) is 17.2. The number of para-hydroxylation sites is 1. The number of nitrogens with zero attached hydrogens (tertiary/aromatic N) is 5. The van der Waals surface area contributed by atoms with Gasteiger partial charge >= 0.3 is 0 Å². The number of aromatic nitrogens is 2. The van der Waals surface area contributed by atoms with Crippen molar-refractivity contribution in [1.29, 1.82) is 5.26 Å². The Labute approximate surface area is 187 Å². The number of amidine groups is 1. The first-order valence-corrected chi connectivity index (χ1v) is 11.3. The lowest BCUT2D eigenvalue weighted by atomic mass is 10.2. The van der Waals surface area contributed by atoms with Gasteiger partial charge in [0.05, 0.1) is 23.2 Å². The Morgan fingerprint density at radius 2 is 1.94 bits per heavy atom. The van der Waals surface area contributed by atoms with Gasteiger partial charge in [-0.3, -0.25) is 14.3 Å². The standard InChI is InChI=1S/C22H19N5O2S2/c1-14-9-11-30-18(14)13-17-20(28)26(22(24-17)31-12-10-23)19-15(2)25(3)27(21(19)29)16-7-5-4-6-8-16/h4-9,11,13H,12H2,1-3H3/b17-13-. The quantitative estimate of drug-likeness (QED) is 0.567. The Bertz CT molecular complexity index is 1320. The van der Waals surface area contributed by atoms with Gasteiger partial charge in [0.2, 0.25) is 0 Å². The highest BCUT2D eigenvalue weighted by molar-refractivity contribution is 8.14. The summed E-state index contributed by atoms with van der Waals surface area (Å²) in [5, 5.41) is 11.3. The van der Waals surface area contributed by atoms with Crippen molar-refractivity contribution in [2.24, 2.45) is 12.0 Å². The predicted molar refractivity (Wildman–Crippen MR) is 126 cm³/mol. The van der Waals surface area contributed by atoms with Gasteiger partial charge in [0.25, 0.3) is 11.5 Å². The van der Waals surface area contributed by atoms with Crippen LogP contribution in [0.25, 0.3) is 11.8 Å². The van der Waals surface area contributed by atoms with Crippen LogP contribution in [0.5, 0.6) is 0 Å². The van der Waals surface area contributed by atoms with E-state index in [4.69, 9.17) is 5.26 Å². The van der Waals surface area contributed by atoms with Gasteiger partial charge in [-0.2, -0.15) is 5.26 Å². The molecule has 0 saturated heterocycles. The molecule has 156 valence electrons. The monoisotopic (exact) mass is 449 g/mol. The molecular formula is C22H19N5O2S2. The highest BCUT2D eigenvalue weighted by Crippen LogP contribution is 2.31. The second kappa shape index (κ2) is 8.41. The summed E-state index contributed by atoms with van der Waals surface area (Å²) in [6, 6.07) is 13.3. The fourth-order valence-corrected chi connectivity index (χ4v) is 4.87. The first kappa shape index (κ1) is 20.9. The maximum Gasteiger partial charge on any atom is 0.296 e. The van der Waals surface area contributed by atoms with Crippen LogP contribution in [0.3, 0.4) is 0 Å². The van der Waals surface area contributed by atoms with Gasteiger partial charge in [-0.25, -0.2) is 14.6 Å². The molecule has 0 aliphatic carbocycles. The fraction of sp³-hybridized carbons (Fsp3) is 0.182. The molecule has 0 unspecified atom stereocenters. The van der Waals surface area contributed by atoms with E-state index in [1.54, 1.807) is 24.7 Å². The molecule has 1 aromatic carbocycles. The maximum absolute atomic E-state index is 13.4. The van der Waals surface area contributed by atoms with Crippen LogP contribution in [0.1, 0.15) is 16.1 Å². The van der Waals surface area contributed by atoms with E-state index in [0.29, 0.717) is 16.5 Å². The number of hydrogen-bond acceptors (Lipinski definition) is 6. The number of carbonyl (C=O) groups is 1. The molecule has 1 aliphatic heterocycles. The van der Waals surface area contributed by atoms with Crippen LogP contribution in [-0.2, 0) is 11.8 Å². The van der Waals surface area contributed by atoms with Crippen LogP contribution >= 0.6 is 23.1 Å². The van der Waals surface area contributed by atoms with Gasteiger partial charge in [0.1, 0.15) is 11.4 Å². The second-order valence-corrected chi connectivity index (χ2v) is 8.78. The van der Waals surface area contributed by atoms with E-state index in [9.17, 15) is 9.59 Å². The number of aryl methyl sites for hydroxylation is 1. The Kier molecular flexibility index (Phi) is 5.67. The van der Waals surface area contributed by atoms with Crippen LogP contribution in [0.2, 0.25) is 0 Å². The third-order valence-electron chi connectivity index (χ3n) is 5.01. The molecule has 2 aromatic heterocycles. The molecule has 1 aliphatic rings. The number of aliphatic imine (C=N–C) groups is 1. The van der Waals surface area contributed by atoms with Crippen LogP contribution < -0.4 is 10.5 Å². The summed E-state index contributed by atoms with van der Waals surface area (Å²) in [6.07, 6.45) is 1.74. The third kappa shape index (κ3) is 3.65. The van der Waals surface area contributed by atoms with E-state index in [1.807, 2.05) is 48.7 Å². The second-order valence-electron chi connectivity index (χ2n) is 6.89. The normalized spacial score (nSPS) is 14.9. The average molecular weight is 450 g/mol. The molecule has 1 amide bonds. The highest BCUT2D eigenvalue weighted by atomic mass is 32.2. The molecule has 7 nitrogen and oxygen atoms in total. The largest absolute Gasteiger partial charge is 0.296 e. The van der Waals surface area contributed by atoms with E-state index >= 15 is 0 Å². The zero-order chi connectivity index (χ0) is 22.1. The summed E-state index contributed by atoms with van der Waals surface area (Å²) in [5.74, 6) is -0.258. The number of carbonyl (C=O) groups excluding carboxylic acids is 1. The van der Waals surface area contributed by atoms with E-state index in [2.05, 4.69) is 11.1 Å². The first-order chi connectivity index (χ1) is 14.9. The number of anilines is 1. The third-order valence-corrected chi connectivity index (χ3v) is 6.78. The van der Waals surface area contributed by atoms with Crippen molar-refractivity contribution < 1.29 is 4.79 Å². The number of benzene rings is 1. The molecule has 31 heavy (non-hydrogen) atoms. The lowest BCUT2D eigenvalue weighted by Gasteiger charge is -2.15. The van der Waals surface area contributed by atoms with Gasteiger partial charge in [0.15, 0.2) is 5.17 Å². The van der Waals surface area contributed by atoms with E-state index in [-0.39, 0.29) is 28.6 Å². The molecule has 0 radical (unpaired) electrons. The lowest BCUT2D eigenvalue weighted by molar-refractivity contribution is -0.113. The number of thiophene rings is 1. The Balaban J connectivity index is 1.85. The predicted octanol–water partition coefficient (Wildman–Crippen LogP) is 3.85. The minimum atomic E-state index is -0.376. The number of nitriles is 1. The SMILES string of the molecule is Cc1ccsc1/C=C1\N=C(SCC#N)N(c2c(C)n(C)n(-c3ccccc3)c2=O)C1=O. The van der Waals surface area contributed by atoms with Crippen LogP contribution in [0.15, 0.2) is 57.3 Å². The smallest absolute Gasteiger partial charge is 0.283 e. The molecular weight excluding hydrogens is 430 g/mol. The van der Waals surface area contributed by atoms with Crippen LogP contribution in [0, 0.1) is 25.2 Å². The fourth-order valence-electron chi connectivity index (χ4n) is 3.36. The Morgan fingerprint density at radius 1 is 1.19 bits per heavy atom. The summed E-state index contributed by atoms with van der Waals surface area (Å²) in [5.41, 5.74) is 2.54. The molecule has 0 bridgehead atoms. The molecule has 9 heteroatoms. The Morgan fingerprint density at radius 3 is 2.58 bits per heavy atom. The van der Waals surface area contributed by atoms with E-state index in [1.165, 1.54) is 20.9 Å². The molecule has 0 fully saturated rings. The van der Waals surface area contributed by atoms with E-state index < -0.39 is 0 Å². The minimum absolute atomic E-state index is 0.118. The lowest BCUT2D eigenvalue weighted by Crippen LogP contribution is -2.35. The molecule has 3 aromatic rings. The average Bonchev–Trinajstić information content (AvgIpc) is 3.37. The van der Waals surface area contributed by atoms with Gasteiger partial charge in [-0.1, -0.05) is 30.0 Å². The molecule has 0 saturated carbocycles. The van der Waals surface area contributed by atoms with Crippen LogP contribution in [-0.4, -0.2) is 26.2 Å². The van der Waals surface area contributed by atoms with Gasteiger partial charge in [-0.15, -0.1) is 11.3 Å². The van der Waals surface area contributed by atoms with Crippen molar-refractivity contribution in [3.8, 4) is 11.8 Å². The Hall–Kier alpha value is -3.35. The summed E-state index contributed by atoms with van der Waals surface area (Å²) in [6.45, 7) is 3.76. The van der Waals surface area contributed by atoms with Gasteiger partial charge in [0, 0.05) is 11.9 Å². The summed E-state index contributed by atoms with van der Waals surface area (Å²) < 4.78 is 3.24. The number of amides is 1. The molecule has 0 N–H and O–H groups in total. The van der Waals surface area contributed by atoms with Crippen LogP contribution in [0.4, 0.5) is 5.69 Å². The molecule has 0 atom stereocenters. The number of hydrogen-bond donors (Lipinski definition) is 0. The number of rotatable bonds is 4. The van der Waals surface area contributed by atoms with Crippen molar-refractivity contribution in [2.75, 3.05) is 10.7 Å². The highest BCUT2D eigenvalue weighted by Gasteiger charge is 2.36.